The molecule has 0 saturated carbocycles. The highest BCUT2D eigenvalue weighted by Gasteiger charge is 2.23. The van der Waals surface area contributed by atoms with Crippen molar-refractivity contribution in [2.75, 3.05) is 13.1 Å². The van der Waals surface area contributed by atoms with Gasteiger partial charge < -0.3 is 10.6 Å². The number of carbonyl (C=O) groups excluding carboxylic acids is 1. The fourth-order valence-electron chi connectivity index (χ4n) is 2.87. The first kappa shape index (κ1) is 14.0. The lowest BCUT2D eigenvalue weighted by molar-refractivity contribution is 0.0915. The number of amides is 1. The number of rotatable bonds is 2. The molecule has 2 aromatic rings. The van der Waals surface area contributed by atoms with E-state index in [1.54, 1.807) is 10.9 Å². The maximum Gasteiger partial charge on any atom is 0.253 e. The van der Waals surface area contributed by atoms with E-state index in [1.807, 2.05) is 20.0 Å². The van der Waals surface area contributed by atoms with Gasteiger partial charge in [-0.15, -0.1) is 0 Å². The average Bonchev–Trinajstić information content (AvgIpc) is 2.76. The summed E-state index contributed by atoms with van der Waals surface area (Å²) >= 11 is 0. The van der Waals surface area contributed by atoms with Crippen molar-refractivity contribution in [3.63, 3.8) is 0 Å². The van der Waals surface area contributed by atoms with Crippen LogP contribution >= 0.6 is 0 Å². The number of carbonyl (C=O) groups is 1. The number of hydrogen-bond acceptors (Lipinski definition) is 4. The minimum absolute atomic E-state index is 0.0618. The third-order valence-electron chi connectivity index (χ3n) is 4.27. The van der Waals surface area contributed by atoms with Crippen molar-refractivity contribution in [2.24, 2.45) is 13.0 Å². The normalized spacial score (nSPS) is 22.4. The Morgan fingerprint density at radius 3 is 3.10 bits per heavy atom. The van der Waals surface area contributed by atoms with Crippen LogP contribution in [0.1, 0.15) is 29.4 Å². The molecule has 1 amide bonds. The number of aryl methyl sites for hydroxylation is 2. The van der Waals surface area contributed by atoms with Gasteiger partial charge in [-0.3, -0.25) is 9.48 Å². The van der Waals surface area contributed by atoms with E-state index in [4.69, 9.17) is 0 Å². The largest absolute Gasteiger partial charge is 0.348 e. The molecule has 0 radical (unpaired) electrons. The minimum Gasteiger partial charge on any atom is -0.348 e. The Morgan fingerprint density at radius 2 is 2.33 bits per heavy atom. The van der Waals surface area contributed by atoms with Crippen LogP contribution in [0.4, 0.5) is 0 Å². The summed E-state index contributed by atoms with van der Waals surface area (Å²) < 4.78 is 1.74. The van der Waals surface area contributed by atoms with Crippen LogP contribution in [0.15, 0.2) is 12.3 Å². The van der Waals surface area contributed by atoms with Gasteiger partial charge in [0.15, 0.2) is 5.65 Å². The molecule has 2 unspecified atom stereocenters. The number of fused-ring (bicyclic) bond motifs is 1. The Bertz CT molecular complexity index is 678. The van der Waals surface area contributed by atoms with Crippen molar-refractivity contribution in [1.82, 2.24) is 25.4 Å². The van der Waals surface area contributed by atoms with Gasteiger partial charge >= 0.3 is 0 Å². The quantitative estimate of drug-likeness (QED) is 0.864. The summed E-state index contributed by atoms with van der Waals surface area (Å²) in [5.74, 6) is 0.431. The first-order valence-corrected chi connectivity index (χ1v) is 7.37. The summed E-state index contributed by atoms with van der Waals surface area (Å²) in [5, 5.41) is 11.7. The van der Waals surface area contributed by atoms with Crippen LogP contribution in [-0.4, -0.2) is 39.8 Å². The van der Waals surface area contributed by atoms with E-state index in [1.165, 1.54) is 0 Å². The number of piperidine rings is 1. The summed E-state index contributed by atoms with van der Waals surface area (Å²) in [6.07, 6.45) is 2.71. The lowest BCUT2D eigenvalue weighted by Gasteiger charge is -2.30. The summed E-state index contributed by atoms with van der Waals surface area (Å²) in [4.78, 5) is 16.8. The summed E-state index contributed by atoms with van der Waals surface area (Å²) in [7, 11) is 1.86. The summed E-state index contributed by atoms with van der Waals surface area (Å²) in [5.41, 5.74) is 2.29. The fraction of sp³-hybridized carbons (Fsp3) is 0.533. The molecule has 0 aliphatic carbocycles. The van der Waals surface area contributed by atoms with Crippen LogP contribution in [0.5, 0.6) is 0 Å². The first-order valence-electron chi connectivity index (χ1n) is 7.37. The van der Waals surface area contributed by atoms with E-state index in [-0.39, 0.29) is 11.9 Å². The lowest BCUT2D eigenvalue weighted by Crippen LogP contribution is -2.50. The predicted octanol–water partition coefficient (Wildman–Crippen LogP) is 1.00. The molecule has 6 heteroatoms. The lowest BCUT2D eigenvalue weighted by atomic mass is 9.94. The maximum absolute atomic E-state index is 12.4. The maximum atomic E-state index is 12.4. The van der Waals surface area contributed by atoms with Crippen LogP contribution in [0.25, 0.3) is 11.0 Å². The highest BCUT2D eigenvalue weighted by molar-refractivity contribution is 5.97. The molecule has 3 heterocycles. The number of aromatic nitrogens is 3. The van der Waals surface area contributed by atoms with Gasteiger partial charge in [-0.2, -0.15) is 5.10 Å². The monoisotopic (exact) mass is 287 g/mol. The molecule has 112 valence electrons. The number of hydrogen-bond donors (Lipinski definition) is 2. The van der Waals surface area contributed by atoms with Gasteiger partial charge in [-0.1, -0.05) is 6.92 Å². The van der Waals surface area contributed by atoms with Gasteiger partial charge in [0.05, 0.1) is 11.3 Å². The molecule has 2 aromatic heterocycles. The first-order chi connectivity index (χ1) is 10.1. The van der Waals surface area contributed by atoms with Crippen molar-refractivity contribution < 1.29 is 4.79 Å². The fourth-order valence-corrected chi connectivity index (χ4v) is 2.87. The molecule has 1 aliphatic rings. The second-order valence-corrected chi connectivity index (χ2v) is 5.85. The molecule has 2 N–H and O–H groups in total. The third kappa shape index (κ3) is 2.63. The second kappa shape index (κ2) is 5.44. The van der Waals surface area contributed by atoms with Gasteiger partial charge in [0.25, 0.3) is 5.91 Å². The number of pyridine rings is 1. The van der Waals surface area contributed by atoms with Gasteiger partial charge in [0, 0.05) is 31.2 Å². The Morgan fingerprint density at radius 1 is 1.52 bits per heavy atom. The van der Waals surface area contributed by atoms with Gasteiger partial charge in [0.2, 0.25) is 0 Å². The molecule has 1 fully saturated rings. The highest BCUT2D eigenvalue weighted by atomic mass is 16.1. The standard InChI is InChI=1S/C15H21N5O/c1-9-4-5-16-8-13(9)18-15(21)11-6-12-10(2)19-20(3)14(12)17-7-11/h6-7,9,13,16H,4-5,8H2,1-3H3,(H,18,21). The third-order valence-corrected chi connectivity index (χ3v) is 4.27. The topological polar surface area (TPSA) is 71.8 Å². The van der Waals surface area contributed by atoms with Gasteiger partial charge in [-0.05, 0) is 31.9 Å². The van der Waals surface area contributed by atoms with Crippen molar-refractivity contribution in [3.05, 3.63) is 23.5 Å². The zero-order valence-corrected chi connectivity index (χ0v) is 12.7. The molecule has 1 saturated heterocycles. The molecule has 1 aliphatic heterocycles. The summed E-state index contributed by atoms with van der Waals surface area (Å²) in [6, 6.07) is 2.05. The van der Waals surface area contributed by atoms with Crippen LogP contribution in [0, 0.1) is 12.8 Å². The van der Waals surface area contributed by atoms with E-state index >= 15 is 0 Å². The van der Waals surface area contributed by atoms with Crippen molar-refractivity contribution in [2.45, 2.75) is 26.3 Å². The molecule has 0 spiro atoms. The predicted molar refractivity (Wildman–Crippen MR) is 81.2 cm³/mol. The molecule has 6 nitrogen and oxygen atoms in total. The minimum atomic E-state index is -0.0618. The molecule has 21 heavy (non-hydrogen) atoms. The number of nitrogens with zero attached hydrogens (tertiary/aromatic N) is 3. The Balaban J connectivity index is 1.82. The van der Waals surface area contributed by atoms with E-state index in [0.29, 0.717) is 11.5 Å². The van der Waals surface area contributed by atoms with Crippen molar-refractivity contribution in [1.29, 1.82) is 0 Å². The van der Waals surface area contributed by atoms with E-state index in [0.717, 1.165) is 36.2 Å². The smallest absolute Gasteiger partial charge is 0.253 e. The molecular weight excluding hydrogens is 266 g/mol. The van der Waals surface area contributed by atoms with Gasteiger partial charge in [0.1, 0.15) is 0 Å². The van der Waals surface area contributed by atoms with Crippen molar-refractivity contribution >= 4 is 16.9 Å². The zero-order valence-electron chi connectivity index (χ0n) is 12.7. The second-order valence-electron chi connectivity index (χ2n) is 5.85. The van der Waals surface area contributed by atoms with E-state index < -0.39 is 0 Å². The van der Waals surface area contributed by atoms with Crippen LogP contribution < -0.4 is 10.6 Å². The molecule has 0 bridgehead atoms. The highest BCUT2D eigenvalue weighted by Crippen LogP contribution is 2.17. The summed E-state index contributed by atoms with van der Waals surface area (Å²) in [6.45, 7) is 5.96. The van der Waals surface area contributed by atoms with Crippen LogP contribution in [-0.2, 0) is 7.05 Å². The molecule has 3 rings (SSSR count). The average molecular weight is 287 g/mol. The van der Waals surface area contributed by atoms with E-state index in [2.05, 4.69) is 27.6 Å². The molecule has 0 aromatic carbocycles. The van der Waals surface area contributed by atoms with Crippen LogP contribution in [0.2, 0.25) is 0 Å². The van der Waals surface area contributed by atoms with E-state index in [9.17, 15) is 4.79 Å². The zero-order chi connectivity index (χ0) is 15.0. The van der Waals surface area contributed by atoms with Gasteiger partial charge in [-0.25, -0.2) is 4.98 Å². The molecule has 2 atom stereocenters. The Labute approximate surface area is 123 Å². The SMILES string of the molecule is Cc1nn(C)c2ncc(C(=O)NC3CNCCC3C)cc12. The van der Waals surface area contributed by atoms with Crippen LogP contribution in [0.3, 0.4) is 0 Å². The number of nitrogens with one attached hydrogen (secondary N) is 2. The Hall–Kier alpha value is -1.95. The Kier molecular flexibility index (Phi) is 3.63. The molecular formula is C15H21N5O. The van der Waals surface area contributed by atoms with Crippen molar-refractivity contribution in [3.8, 4) is 0 Å².